The molecule has 4 heteroatoms. The van der Waals surface area contributed by atoms with Gasteiger partial charge >= 0.3 is 0 Å². The highest BCUT2D eigenvalue weighted by molar-refractivity contribution is 9.10. The largest absolute Gasteiger partial charge is 0.313 e. The zero-order chi connectivity index (χ0) is 15.3. The molecule has 0 bridgehead atoms. The highest BCUT2D eigenvalue weighted by Gasteiger charge is 2.23. The second-order valence-electron chi connectivity index (χ2n) is 6.34. The first kappa shape index (κ1) is 17.3. The summed E-state index contributed by atoms with van der Waals surface area (Å²) in [4.78, 5) is 2.59. The highest BCUT2D eigenvalue weighted by atomic mass is 79.9. The summed E-state index contributed by atoms with van der Waals surface area (Å²) in [6.07, 6.45) is 1.27. The van der Waals surface area contributed by atoms with Crippen molar-refractivity contribution in [1.82, 2.24) is 10.2 Å². The van der Waals surface area contributed by atoms with Crippen molar-refractivity contribution in [2.24, 2.45) is 0 Å². The molecule has 1 aliphatic rings. The number of thioether (sulfide) groups is 1. The van der Waals surface area contributed by atoms with Crippen LogP contribution in [0.1, 0.15) is 38.3 Å². The van der Waals surface area contributed by atoms with E-state index in [9.17, 15) is 0 Å². The van der Waals surface area contributed by atoms with E-state index in [1.54, 1.807) is 0 Å². The van der Waals surface area contributed by atoms with E-state index in [1.165, 1.54) is 40.9 Å². The molecule has 0 atom stereocenters. The van der Waals surface area contributed by atoms with Crippen LogP contribution in [0.4, 0.5) is 0 Å². The van der Waals surface area contributed by atoms with Gasteiger partial charge in [-0.05, 0) is 36.7 Å². The molecule has 1 heterocycles. The van der Waals surface area contributed by atoms with Crippen LogP contribution in [0.5, 0.6) is 0 Å². The summed E-state index contributed by atoms with van der Waals surface area (Å²) in [5.74, 6) is 1.24. The van der Waals surface area contributed by atoms with E-state index in [0.717, 1.165) is 19.6 Å². The van der Waals surface area contributed by atoms with E-state index in [2.05, 4.69) is 76.9 Å². The van der Waals surface area contributed by atoms with E-state index in [1.807, 2.05) is 0 Å². The molecule has 0 radical (unpaired) electrons. The average Bonchev–Trinajstić information content (AvgIpc) is 2.60. The van der Waals surface area contributed by atoms with Crippen molar-refractivity contribution < 1.29 is 0 Å². The third-order valence-corrected chi connectivity index (χ3v) is 6.13. The first-order valence-electron chi connectivity index (χ1n) is 7.84. The van der Waals surface area contributed by atoms with Crippen LogP contribution in [0.2, 0.25) is 0 Å². The molecule has 0 spiro atoms. The number of nitrogens with zero attached hydrogens (tertiary/aromatic N) is 1. The molecule has 1 aromatic carbocycles. The number of halogens is 1. The number of hydrogen-bond donors (Lipinski definition) is 1. The number of nitrogens with one attached hydrogen (secondary N) is 1. The van der Waals surface area contributed by atoms with Crippen molar-refractivity contribution in [3.63, 3.8) is 0 Å². The van der Waals surface area contributed by atoms with Crippen LogP contribution < -0.4 is 5.32 Å². The molecule has 1 aromatic rings. The van der Waals surface area contributed by atoms with Crippen LogP contribution in [0.25, 0.3) is 0 Å². The van der Waals surface area contributed by atoms with Crippen molar-refractivity contribution in [3.8, 4) is 0 Å². The van der Waals surface area contributed by atoms with Crippen molar-refractivity contribution in [2.75, 3.05) is 25.4 Å². The van der Waals surface area contributed by atoms with Gasteiger partial charge in [0.05, 0.1) is 0 Å². The lowest BCUT2D eigenvalue weighted by Crippen LogP contribution is -2.27. The lowest BCUT2D eigenvalue weighted by atomic mass is 10.1. The topological polar surface area (TPSA) is 15.3 Å². The van der Waals surface area contributed by atoms with Gasteiger partial charge in [0.15, 0.2) is 0 Å². The monoisotopic (exact) mass is 370 g/mol. The van der Waals surface area contributed by atoms with Gasteiger partial charge in [-0.1, -0.05) is 48.8 Å². The molecular weight excluding hydrogens is 344 g/mol. The molecule has 1 aliphatic heterocycles. The van der Waals surface area contributed by atoms with Crippen molar-refractivity contribution in [2.45, 2.75) is 45.0 Å². The molecule has 0 aliphatic carbocycles. The van der Waals surface area contributed by atoms with Crippen molar-refractivity contribution >= 4 is 27.7 Å². The lowest BCUT2D eigenvalue weighted by molar-refractivity contribution is 0.276. The van der Waals surface area contributed by atoms with E-state index >= 15 is 0 Å². The molecule has 1 N–H and O–H groups in total. The van der Waals surface area contributed by atoms with Gasteiger partial charge in [-0.2, -0.15) is 11.8 Å². The molecule has 2 nitrogen and oxygen atoms in total. The van der Waals surface area contributed by atoms with Crippen LogP contribution in [-0.4, -0.2) is 35.0 Å². The first-order chi connectivity index (χ1) is 10.00. The Morgan fingerprint density at radius 1 is 1.33 bits per heavy atom. The lowest BCUT2D eigenvalue weighted by Gasteiger charge is -2.23. The number of rotatable bonds is 5. The molecule has 0 saturated carbocycles. The van der Waals surface area contributed by atoms with Crippen LogP contribution >= 0.6 is 27.7 Å². The summed E-state index contributed by atoms with van der Waals surface area (Å²) in [6.45, 7) is 12.3. The van der Waals surface area contributed by atoms with Gasteiger partial charge in [-0.25, -0.2) is 0 Å². The Morgan fingerprint density at radius 3 is 2.86 bits per heavy atom. The van der Waals surface area contributed by atoms with Gasteiger partial charge in [-0.3, -0.25) is 4.90 Å². The number of hydrogen-bond acceptors (Lipinski definition) is 3. The maximum absolute atomic E-state index is 3.75. The first-order valence-corrected chi connectivity index (χ1v) is 9.62. The van der Waals surface area contributed by atoms with Gasteiger partial charge in [0.25, 0.3) is 0 Å². The Labute approximate surface area is 142 Å². The van der Waals surface area contributed by atoms with E-state index in [-0.39, 0.29) is 0 Å². The third kappa shape index (κ3) is 5.59. The normalized spacial score (nSPS) is 19.4. The Kier molecular flexibility index (Phi) is 6.60. The molecule has 1 fully saturated rings. The summed E-state index contributed by atoms with van der Waals surface area (Å²) in [6, 6.07) is 6.79. The van der Waals surface area contributed by atoms with Gasteiger partial charge < -0.3 is 5.32 Å². The Hall–Kier alpha value is -0.0300. The quantitative estimate of drug-likeness (QED) is 0.832. The Bertz CT molecular complexity index is 462. The minimum atomic E-state index is 0.432. The van der Waals surface area contributed by atoms with Gasteiger partial charge in [0.2, 0.25) is 0 Å². The minimum absolute atomic E-state index is 0.432. The summed E-state index contributed by atoms with van der Waals surface area (Å²) in [5.41, 5.74) is 2.75. The molecule has 1 saturated heterocycles. The summed E-state index contributed by atoms with van der Waals surface area (Å²) in [5, 5.41) is 3.38. The van der Waals surface area contributed by atoms with Crippen LogP contribution in [-0.2, 0) is 13.1 Å². The third-order valence-electron chi connectivity index (χ3n) is 4.02. The fourth-order valence-corrected chi connectivity index (χ4v) is 4.25. The average molecular weight is 371 g/mol. The van der Waals surface area contributed by atoms with Crippen molar-refractivity contribution in [3.05, 3.63) is 33.8 Å². The summed E-state index contributed by atoms with van der Waals surface area (Å²) < 4.78 is 1.68. The maximum atomic E-state index is 3.75. The zero-order valence-corrected chi connectivity index (χ0v) is 15.8. The standard InChI is InChI=1S/C17H27BrN2S/c1-4-19-12-14-5-6-15(16(18)11-14)13-20-8-7-17(2,3)21-10-9-20/h5-6,11,19H,4,7-10,12-13H2,1-3H3. The Morgan fingerprint density at radius 2 is 2.14 bits per heavy atom. The van der Waals surface area contributed by atoms with E-state index in [4.69, 9.17) is 0 Å². The van der Waals surface area contributed by atoms with Gasteiger partial charge in [0.1, 0.15) is 0 Å². The molecular formula is C17H27BrN2S. The fraction of sp³-hybridized carbons (Fsp3) is 0.647. The number of benzene rings is 1. The summed E-state index contributed by atoms with van der Waals surface area (Å²) >= 11 is 5.86. The molecule has 0 aromatic heterocycles. The zero-order valence-electron chi connectivity index (χ0n) is 13.4. The van der Waals surface area contributed by atoms with Crippen LogP contribution in [0.3, 0.4) is 0 Å². The summed E-state index contributed by atoms with van der Waals surface area (Å²) in [7, 11) is 0. The molecule has 118 valence electrons. The predicted molar refractivity (Wildman–Crippen MR) is 98.0 cm³/mol. The van der Waals surface area contributed by atoms with E-state index in [0.29, 0.717) is 4.75 Å². The second kappa shape index (κ2) is 8.00. The van der Waals surface area contributed by atoms with Gasteiger partial charge in [-0.15, -0.1) is 0 Å². The molecule has 0 amide bonds. The van der Waals surface area contributed by atoms with Crippen molar-refractivity contribution in [1.29, 1.82) is 0 Å². The molecule has 2 rings (SSSR count). The van der Waals surface area contributed by atoms with E-state index < -0.39 is 0 Å². The molecule has 0 unspecified atom stereocenters. The smallest absolute Gasteiger partial charge is 0.0245 e. The SMILES string of the molecule is CCNCc1ccc(CN2CCSC(C)(C)CC2)c(Br)c1. The highest BCUT2D eigenvalue weighted by Crippen LogP contribution is 2.31. The molecule has 21 heavy (non-hydrogen) atoms. The van der Waals surface area contributed by atoms with Crippen LogP contribution in [0, 0.1) is 0 Å². The van der Waals surface area contributed by atoms with Gasteiger partial charge in [0, 0.05) is 34.6 Å². The van der Waals surface area contributed by atoms with Crippen LogP contribution in [0.15, 0.2) is 22.7 Å². The maximum Gasteiger partial charge on any atom is 0.0245 e. The second-order valence-corrected chi connectivity index (χ2v) is 9.00. The predicted octanol–water partition coefficient (Wildman–Crippen LogP) is 4.28. The fourth-order valence-electron chi connectivity index (χ4n) is 2.56. The Balaban J connectivity index is 1.96. The minimum Gasteiger partial charge on any atom is -0.313 e.